The van der Waals surface area contributed by atoms with Crippen LogP contribution >= 0.6 is 11.6 Å². The van der Waals surface area contributed by atoms with Crippen LogP contribution in [-0.4, -0.2) is 19.7 Å². The number of pyridine rings is 1. The number of halogens is 1. The molecule has 0 atom stereocenters. The van der Waals surface area contributed by atoms with Crippen molar-refractivity contribution in [2.75, 3.05) is 5.32 Å². The quantitative estimate of drug-likeness (QED) is 0.587. The number of para-hydroxylation sites is 1. The van der Waals surface area contributed by atoms with Gasteiger partial charge in [-0.05, 0) is 18.2 Å². The average molecular weight is 316 g/mol. The van der Waals surface area contributed by atoms with Crippen LogP contribution in [0, 0.1) is 10.1 Å². The van der Waals surface area contributed by atoms with Gasteiger partial charge in [0.15, 0.2) is 0 Å². The summed E-state index contributed by atoms with van der Waals surface area (Å²) in [6.45, 7) is 0. The van der Waals surface area contributed by atoms with Gasteiger partial charge < -0.3 is 5.32 Å². The minimum absolute atomic E-state index is 0.0580. The summed E-state index contributed by atoms with van der Waals surface area (Å²) in [5.74, 6) is 0.490. The summed E-state index contributed by atoms with van der Waals surface area (Å²) in [5, 5.41) is 18.4. The number of anilines is 2. The molecule has 110 valence electrons. The largest absolute Gasteiger partial charge is 0.338 e. The van der Waals surface area contributed by atoms with E-state index in [1.54, 1.807) is 23.1 Å². The molecular weight excluding hydrogens is 306 g/mol. The number of hydrogen-bond donors (Lipinski definition) is 1. The van der Waals surface area contributed by atoms with E-state index < -0.39 is 4.92 Å². The highest BCUT2D eigenvalue weighted by Crippen LogP contribution is 2.22. The predicted molar refractivity (Wildman–Crippen MR) is 82.7 cm³/mol. The van der Waals surface area contributed by atoms with Crippen LogP contribution in [0.5, 0.6) is 0 Å². The first-order chi connectivity index (χ1) is 10.6. The van der Waals surface area contributed by atoms with E-state index in [1.807, 2.05) is 18.2 Å². The summed E-state index contributed by atoms with van der Waals surface area (Å²) in [7, 11) is 0. The summed E-state index contributed by atoms with van der Waals surface area (Å²) in [6, 6.07) is 10.3. The van der Waals surface area contributed by atoms with E-state index in [4.69, 9.17) is 11.6 Å². The van der Waals surface area contributed by atoms with Crippen molar-refractivity contribution in [3.8, 4) is 5.69 Å². The molecule has 0 aliphatic rings. The third kappa shape index (κ3) is 2.89. The Kier molecular flexibility index (Phi) is 3.71. The molecule has 0 spiro atoms. The van der Waals surface area contributed by atoms with Crippen molar-refractivity contribution >= 4 is 28.8 Å². The molecule has 3 rings (SSSR count). The van der Waals surface area contributed by atoms with Crippen molar-refractivity contribution in [3.63, 3.8) is 0 Å². The van der Waals surface area contributed by atoms with Gasteiger partial charge in [-0.1, -0.05) is 23.7 Å². The Bertz CT molecular complexity index is 816. The first kappa shape index (κ1) is 14.0. The Hall–Kier alpha value is -2.93. The van der Waals surface area contributed by atoms with Gasteiger partial charge in [-0.15, -0.1) is 0 Å². The van der Waals surface area contributed by atoms with Crippen molar-refractivity contribution in [1.82, 2.24) is 14.8 Å². The Morgan fingerprint density at radius 3 is 2.68 bits per heavy atom. The molecule has 2 heterocycles. The molecule has 8 heteroatoms. The second-order valence-electron chi connectivity index (χ2n) is 4.41. The highest BCUT2D eigenvalue weighted by atomic mass is 35.5. The second-order valence-corrected chi connectivity index (χ2v) is 4.82. The second kappa shape index (κ2) is 5.82. The lowest BCUT2D eigenvalue weighted by Gasteiger charge is -2.03. The monoisotopic (exact) mass is 315 g/mol. The smallest absolute Gasteiger partial charge is 0.287 e. The fourth-order valence-corrected chi connectivity index (χ4v) is 2.09. The van der Waals surface area contributed by atoms with Crippen LogP contribution in [-0.2, 0) is 0 Å². The minimum atomic E-state index is -0.494. The summed E-state index contributed by atoms with van der Waals surface area (Å²) in [6.07, 6.45) is 4.57. The van der Waals surface area contributed by atoms with E-state index >= 15 is 0 Å². The lowest BCUT2D eigenvalue weighted by molar-refractivity contribution is -0.385. The van der Waals surface area contributed by atoms with Crippen LogP contribution in [0.15, 0.2) is 55.0 Å². The zero-order valence-corrected chi connectivity index (χ0v) is 11.9. The van der Waals surface area contributed by atoms with E-state index in [0.29, 0.717) is 16.5 Å². The van der Waals surface area contributed by atoms with Gasteiger partial charge >= 0.3 is 0 Å². The van der Waals surface area contributed by atoms with Crippen LogP contribution < -0.4 is 5.32 Å². The summed E-state index contributed by atoms with van der Waals surface area (Å²) in [4.78, 5) is 14.1. The highest BCUT2D eigenvalue weighted by Gasteiger charge is 2.07. The molecule has 0 radical (unpaired) electrons. The maximum Gasteiger partial charge on any atom is 0.287 e. The molecule has 22 heavy (non-hydrogen) atoms. The van der Waals surface area contributed by atoms with Gasteiger partial charge in [0.05, 0.1) is 33.7 Å². The van der Waals surface area contributed by atoms with E-state index in [-0.39, 0.29) is 5.69 Å². The lowest BCUT2D eigenvalue weighted by atomic mass is 10.3. The molecule has 0 fully saturated rings. The van der Waals surface area contributed by atoms with Crippen LogP contribution in [0.25, 0.3) is 5.69 Å². The van der Waals surface area contributed by atoms with Crippen LogP contribution in [0.4, 0.5) is 17.2 Å². The number of rotatable bonds is 4. The number of hydrogen-bond acceptors (Lipinski definition) is 5. The molecule has 7 nitrogen and oxygen atoms in total. The summed E-state index contributed by atoms with van der Waals surface area (Å²) < 4.78 is 1.63. The van der Waals surface area contributed by atoms with Gasteiger partial charge in [0.2, 0.25) is 0 Å². The molecule has 0 unspecified atom stereocenters. The zero-order chi connectivity index (χ0) is 15.5. The van der Waals surface area contributed by atoms with E-state index in [2.05, 4.69) is 15.4 Å². The fraction of sp³-hybridized carbons (Fsp3) is 0. The molecule has 1 aromatic carbocycles. The summed E-state index contributed by atoms with van der Waals surface area (Å²) >= 11 is 6.12. The van der Waals surface area contributed by atoms with Crippen molar-refractivity contribution in [3.05, 3.63) is 70.1 Å². The summed E-state index contributed by atoms with van der Waals surface area (Å²) in [5.41, 5.74) is 1.40. The van der Waals surface area contributed by atoms with Crippen molar-refractivity contribution < 1.29 is 4.92 Å². The van der Waals surface area contributed by atoms with E-state index in [0.717, 1.165) is 5.69 Å². The highest BCUT2D eigenvalue weighted by molar-refractivity contribution is 6.32. The maximum absolute atomic E-state index is 10.6. The van der Waals surface area contributed by atoms with Crippen LogP contribution in [0.1, 0.15) is 0 Å². The van der Waals surface area contributed by atoms with Gasteiger partial charge in [-0.2, -0.15) is 5.10 Å². The Morgan fingerprint density at radius 1 is 1.18 bits per heavy atom. The number of nitro groups is 1. The Morgan fingerprint density at radius 2 is 2.00 bits per heavy atom. The maximum atomic E-state index is 10.6. The van der Waals surface area contributed by atoms with Gasteiger partial charge in [0, 0.05) is 6.07 Å². The van der Waals surface area contributed by atoms with Crippen LogP contribution in [0.2, 0.25) is 5.02 Å². The lowest BCUT2D eigenvalue weighted by Crippen LogP contribution is -1.95. The number of nitrogens with zero attached hydrogens (tertiary/aromatic N) is 4. The van der Waals surface area contributed by atoms with Crippen molar-refractivity contribution in [2.45, 2.75) is 0 Å². The SMILES string of the molecule is O=[N+]([O-])c1ccc(Nc2cnn(-c3ccccc3Cl)c2)nc1. The van der Waals surface area contributed by atoms with Gasteiger partial charge in [0.25, 0.3) is 5.69 Å². The van der Waals surface area contributed by atoms with Gasteiger partial charge in [0.1, 0.15) is 12.0 Å². The molecular formula is C14H10ClN5O2. The molecule has 0 aliphatic carbocycles. The third-order valence-corrected chi connectivity index (χ3v) is 3.23. The first-order valence-electron chi connectivity index (χ1n) is 6.30. The molecule has 0 saturated heterocycles. The number of aromatic nitrogens is 3. The van der Waals surface area contributed by atoms with E-state index in [9.17, 15) is 10.1 Å². The minimum Gasteiger partial charge on any atom is -0.338 e. The van der Waals surface area contributed by atoms with Crippen molar-refractivity contribution in [2.24, 2.45) is 0 Å². The zero-order valence-electron chi connectivity index (χ0n) is 11.2. The van der Waals surface area contributed by atoms with Gasteiger partial charge in [-0.3, -0.25) is 10.1 Å². The predicted octanol–water partition coefficient (Wildman–Crippen LogP) is 3.57. The number of nitrogens with one attached hydrogen (secondary N) is 1. The standard InChI is InChI=1S/C14H10ClN5O2/c15-12-3-1-2-4-13(12)19-9-10(7-17-19)18-14-6-5-11(8-16-14)20(21)22/h1-9H,(H,16,18). The average Bonchev–Trinajstić information content (AvgIpc) is 2.96. The van der Waals surface area contributed by atoms with Crippen LogP contribution in [0.3, 0.4) is 0 Å². The molecule has 3 aromatic rings. The fourth-order valence-electron chi connectivity index (χ4n) is 1.87. The molecule has 0 bridgehead atoms. The molecule has 2 aromatic heterocycles. The normalized spacial score (nSPS) is 10.4. The Balaban J connectivity index is 1.80. The first-order valence-corrected chi connectivity index (χ1v) is 6.68. The molecule has 0 aliphatic heterocycles. The number of benzene rings is 1. The van der Waals surface area contributed by atoms with E-state index in [1.165, 1.54) is 18.3 Å². The molecule has 0 amide bonds. The molecule has 1 N–H and O–H groups in total. The van der Waals surface area contributed by atoms with Crippen molar-refractivity contribution in [1.29, 1.82) is 0 Å². The Labute approximate surface area is 130 Å². The topological polar surface area (TPSA) is 85.9 Å². The van der Waals surface area contributed by atoms with Gasteiger partial charge in [-0.25, -0.2) is 9.67 Å². The third-order valence-electron chi connectivity index (χ3n) is 2.91. The molecule has 0 saturated carbocycles.